The summed E-state index contributed by atoms with van der Waals surface area (Å²) >= 11 is 1.84. The first-order valence-electron chi connectivity index (χ1n) is 6.13. The molecule has 1 N–H and O–H groups in total. The Balaban J connectivity index is 1.95. The van der Waals surface area contributed by atoms with E-state index in [1.807, 2.05) is 18.3 Å². The molecule has 1 saturated heterocycles. The van der Waals surface area contributed by atoms with Crippen molar-refractivity contribution in [3.05, 3.63) is 21.9 Å². The van der Waals surface area contributed by atoms with Crippen molar-refractivity contribution < 1.29 is 9.90 Å². The third kappa shape index (κ3) is 2.87. The predicted octanol–water partition coefficient (Wildman–Crippen LogP) is 2.46. The number of carboxylic acids is 1. The molecule has 17 heavy (non-hydrogen) atoms. The van der Waals surface area contributed by atoms with Crippen molar-refractivity contribution in [2.24, 2.45) is 11.8 Å². The highest BCUT2D eigenvalue weighted by atomic mass is 32.1. The summed E-state index contributed by atoms with van der Waals surface area (Å²) < 4.78 is 0. The lowest BCUT2D eigenvalue weighted by Crippen LogP contribution is -2.22. The molecule has 3 nitrogen and oxygen atoms in total. The van der Waals surface area contributed by atoms with Gasteiger partial charge in [-0.15, -0.1) is 11.3 Å². The van der Waals surface area contributed by atoms with Crippen molar-refractivity contribution in [1.29, 1.82) is 0 Å². The fraction of sp³-hybridized carbons (Fsp3) is 0.615. The van der Waals surface area contributed by atoms with Crippen LogP contribution in [0.1, 0.15) is 23.6 Å². The van der Waals surface area contributed by atoms with Crippen LogP contribution in [0, 0.1) is 11.8 Å². The summed E-state index contributed by atoms with van der Waals surface area (Å²) in [7, 11) is 0. The van der Waals surface area contributed by atoms with E-state index in [0.717, 1.165) is 19.5 Å². The number of carbonyl (C=O) groups is 1. The summed E-state index contributed by atoms with van der Waals surface area (Å²) in [5.41, 5.74) is 0. The zero-order chi connectivity index (χ0) is 12.4. The van der Waals surface area contributed by atoms with Crippen molar-refractivity contribution in [3.63, 3.8) is 0 Å². The fourth-order valence-electron chi connectivity index (χ4n) is 2.44. The molecule has 0 radical (unpaired) electrons. The number of carboxylic acid groups (broad SMARTS) is 1. The van der Waals surface area contributed by atoms with E-state index >= 15 is 0 Å². The van der Waals surface area contributed by atoms with Gasteiger partial charge in [0.25, 0.3) is 0 Å². The number of rotatable bonds is 4. The second-order valence-electron chi connectivity index (χ2n) is 4.84. The highest BCUT2D eigenvalue weighted by Gasteiger charge is 2.34. The molecular formula is C13H19NO2S. The van der Waals surface area contributed by atoms with Gasteiger partial charge in [0.2, 0.25) is 0 Å². The van der Waals surface area contributed by atoms with Crippen LogP contribution in [-0.2, 0) is 17.8 Å². The van der Waals surface area contributed by atoms with Crippen LogP contribution < -0.4 is 0 Å². The molecule has 1 aromatic heterocycles. The van der Waals surface area contributed by atoms with Gasteiger partial charge in [-0.05, 0) is 24.5 Å². The van der Waals surface area contributed by atoms with E-state index < -0.39 is 5.97 Å². The summed E-state index contributed by atoms with van der Waals surface area (Å²) in [5.74, 6) is -0.584. The Hall–Kier alpha value is -0.870. The maximum Gasteiger partial charge on any atom is 0.308 e. The molecule has 0 saturated carbocycles. The second-order valence-corrected chi connectivity index (χ2v) is 6.09. The van der Waals surface area contributed by atoms with E-state index in [-0.39, 0.29) is 11.8 Å². The van der Waals surface area contributed by atoms with Crippen molar-refractivity contribution in [3.8, 4) is 0 Å². The van der Waals surface area contributed by atoms with Gasteiger partial charge in [0.15, 0.2) is 0 Å². The molecule has 0 aliphatic carbocycles. The molecule has 2 heterocycles. The Kier molecular flexibility index (Phi) is 3.84. The molecule has 4 heteroatoms. The quantitative estimate of drug-likeness (QED) is 0.896. The van der Waals surface area contributed by atoms with Crippen molar-refractivity contribution >= 4 is 17.3 Å². The fourth-order valence-corrected chi connectivity index (χ4v) is 3.44. The number of likely N-dealkylation sites (tertiary alicyclic amines) is 1. The third-order valence-electron chi connectivity index (χ3n) is 3.45. The average molecular weight is 253 g/mol. The minimum Gasteiger partial charge on any atom is -0.481 e. The molecule has 0 bridgehead atoms. The lowest BCUT2D eigenvalue weighted by molar-refractivity contribution is -0.142. The summed E-state index contributed by atoms with van der Waals surface area (Å²) in [5, 5.41) is 9.09. The molecule has 1 fully saturated rings. The van der Waals surface area contributed by atoms with Gasteiger partial charge in [0.1, 0.15) is 0 Å². The van der Waals surface area contributed by atoms with Crippen LogP contribution in [0.4, 0.5) is 0 Å². The first-order chi connectivity index (χ1) is 8.10. The zero-order valence-electron chi connectivity index (χ0n) is 10.3. The van der Waals surface area contributed by atoms with Gasteiger partial charge in [-0.3, -0.25) is 9.69 Å². The summed E-state index contributed by atoms with van der Waals surface area (Å²) in [6.07, 6.45) is 1.08. The number of hydrogen-bond donors (Lipinski definition) is 1. The van der Waals surface area contributed by atoms with Crippen LogP contribution in [0.3, 0.4) is 0 Å². The summed E-state index contributed by atoms with van der Waals surface area (Å²) in [4.78, 5) is 16.0. The van der Waals surface area contributed by atoms with Crippen LogP contribution in [0.15, 0.2) is 12.1 Å². The SMILES string of the molecule is CCc1ccc(CN2C[C@@H](C)[C@H](C(=O)O)C2)s1. The minimum absolute atomic E-state index is 0.194. The predicted molar refractivity (Wildman–Crippen MR) is 69.3 cm³/mol. The standard InChI is InChI=1S/C13H19NO2S/c1-3-10-4-5-11(17-10)7-14-6-9(2)12(8-14)13(15)16/h4-5,9,12H,3,6-8H2,1-2H3,(H,15,16)/t9-,12-/m1/s1. The van der Waals surface area contributed by atoms with E-state index in [4.69, 9.17) is 5.11 Å². The van der Waals surface area contributed by atoms with E-state index in [2.05, 4.69) is 24.0 Å². The van der Waals surface area contributed by atoms with E-state index in [1.165, 1.54) is 9.75 Å². The monoisotopic (exact) mass is 253 g/mol. The second kappa shape index (κ2) is 5.19. The molecule has 2 rings (SSSR count). The van der Waals surface area contributed by atoms with Gasteiger partial charge >= 0.3 is 5.97 Å². The van der Waals surface area contributed by atoms with E-state index in [9.17, 15) is 4.79 Å². The van der Waals surface area contributed by atoms with Crippen LogP contribution in [0.25, 0.3) is 0 Å². The van der Waals surface area contributed by atoms with Crippen molar-refractivity contribution in [2.75, 3.05) is 13.1 Å². The highest BCUT2D eigenvalue weighted by Crippen LogP contribution is 2.26. The number of hydrogen-bond acceptors (Lipinski definition) is 3. The number of thiophene rings is 1. The Bertz CT molecular complexity index is 402. The molecular weight excluding hydrogens is 234 g/mol. The lowest BCUT2D eigenvalue weighted by atomic mass is 9.99. The van der Waals surface area contributed by atoms with E-state index in [0.29, 0.717) is 6.54 Å². The van der Waals surface area contributed by atoms with Gasteiger partial charge in [0, 0.05) is 29.4 Å². The Morgan fingerprint density at radius 1 is 1.47 bits per heavy atom. The molecule has 0 amide bonds. The molecule has 94 valence electrons. The van der Waals surface area contributed by atoms with Crippen LogP contribution in [0.5, 0.6) is 0 Å². The van der Waals surface area contributed by atoms with Crippen LogP contribution in [-0.4, -0.2) is 29.1 Å². The minimum atomic E-state index is -0.652. The topological polar surface area (TPSA) is 40.5 Å². The Morgan fingerprint density at radius 2 is 2.18 bits per heavy atom. The van der Waals surface area contributed by atoms with Crippen LogP contribution >= 0.6 is 11.3 Å². The largest absolute Gasteiger partial charge is 0.481 e. The normalized spacial score (nSPS) is 25.3. The molecule has 0 unspecified atom stereocenters. The highest BCUT2D eigenvalue weighted by molar-refractivity contribution is 7.11. The number of aliphatic carboxylic acids is 1. The van der Waals surface area contributed by atoms with Gasteiger partial charge in [-0.2, -0.15) is 0 Å². The van der Waals surface area contributed by atoms with Gasteiger partial charge in [0.05, 0.1) is 5.92 Å². The Labute approximate surface area is 106 Å². The van der Waals surface area contributed by atoms with Gasteiger partial charge in [-0.25, -0.2) is 0 Å². The first-order valence-corrected chi connectivity index (χ1v) is 6.94. The summed E-state index contributed by atoms with van der Waals surface area (Å²) in [6.45, 7) is 6.68. The smallest absolute Gasteiger partial charge is 0.308 e. The molecule has 2 atom stereocenters. The van der Waals surface area contributed by atoms with Gasteiger partial charge in [-0.1, -0.05) is 13.8 Å². The third-order valence-corrected chi connectivity index (χ3v) is 4.66. The molecule has 0 aromatic carbocycles. The van der Waals surface area contributed by atoms with Crippen molar-refractivity contribution in [2.45, 2.75) is 26.8 Å². The van der Waals surface area contributed by atoms with Crippen LogP contribution in [0.2, 0.25) is 0 Å². The maximum absolute atomic E-state index is 11.0. The number of nitrogens with zero attached hydrogens (tertiary/aromatic N) is 1. The zero-order valence-corrected chi connectivity index (χ0v) is 11.2. The molecule has 1 aliphatic heterocycles. The average Bonchev–Trinajstić information content (AvgIpc) is 2.85. The number of aryl methyl sites for hydroxylation is 1. The first kappa shape index (κ1) is 12.6. The van der Waals surface area contributed by atoms with Crippen molar-refractivity contribution in [1.82, 2.24) is 4.90 Å². The molecule has 1 aromatic rings. The maximum atomic E-state index is 11.0. The summed E-state index contributed by atoms with van der Waals surface area (Å²) in [6, 6.07) is 4.34. The van der Waals surface area contributed by atoms with E-state index in [1.54, 1.807) is 0 Å². The molecule has 1 aliphatic rings. The lowest BCUT2D eigenvalue weighted by Gasteiger charge is -2.13. The Morgan fingerprint density at radius 3 is 2.71 bits per heavy atom. The van der Waals surface area contributed by atoms with Gasteiger partial charge < -0.3 is 5.11 Å². The molecule has 0 spiro atoms.